The van der Waals surface area contributed by atoms with Gasteiger partial charge in [-0.25, -0.2) is 9.67 Å². The molecular formula is C17H19ClN4O2. The van der Waals surface area contributed by atoms with Gasteiger partial charge in [0.25, 0.3) is 5.91 Å². The van der Waals surface area contributed by atoms with Gasteiger partial charge in [-0.05, 0) is 55.6 Å². The van der Waals surface area contributed by atoms with Gasteiger partial charge in [0.1, 0.15) is 5.15 Å². The number of rotatable bonds is 6. The quantitative estimate of drug-likeness (QED) is 0.815. The van der Waals surface area contributed by atoms with Crippen LogP contribution in [0, 0.1) is 11.3 Å². The van der Waals surface area contributed by atoms with Crippen LogP contribution >= 0.6 is 11.6 Å². The lowest BCUT2D eigenvalue weighted by Gasteiger charge is -2.37. The fourth-order valence-electron chi connectivity index (χ4n) is 3.58. The van der Waals surface area contributed by atoms with Crippen molar-refractivity contribution in [2.75, 3.05) is 6.61 Å². The highest BCUT2D eigenvalue weighted by atomic mass is 35.5. The van der Waals surface area contributed by atoms with Crippen molar-refractivity contribution < 1.29 is 9.53 Å². The standard InChI is InChI=1S/C17H19ClN4O2/c18-15-12(16(19)23)1-2-13(20-15)22-9-4-14(21-22)24-10-5-11-3-6-17(11)7-8-17/h1-2,4,9,11H,3,5-8,10H2,(H2,19,23). The van der Waals surface area contributed by atoms with Crippen LogP contribution in [0.3, 0.4) is 0 Å². The summed E-state index contributed by atoms with van der Waals surface area (Å²) in [4.78, 5) is 15.3. The van der Waals surface area contributed by atoms with Crippen LogP contribution in [-0.2, 0) is 0 Å². The van der Waals surface area contributed by atoms with Crippen molar-refractivity contribution in [3.8, 4) is 11.7 Å². The summed E-state index contributed by atoms with van der Waals surface area (Å²) >= 11 is 5.97. The van der Waals surface area contributed by atoms with Crippen LogP contribution < -0.4 is 10.5 Å². The molecule has 1 atom stereocenters. The normalized spacial score (nSPS) is 20.6. The average molecular weight is 347 g/mol. The van der Waals surface area contributed by atoms with Crippen LogP contribution in [0.25, 0.3) is 5.82 Å². The van der Waals surface area contributed by atoms with E-state index in [-0.39, 0.29) is 10.7 Å². The number of aromatic nitrogens is 3. The lowest BCUT2D eigenvalue weighted by Crippen LogP contribution is -2.28. The number of carbonyl (C=O) groups is 1. The second-order valence-electron chi connectivity index (χ2n) is 6.71. The van der Waals surface area contributed by atoms with Crippen molar-refractivity contribution >= 4 is 17.5 Å². The van der Waals surface area contributed by atoms with Crippen LogP contribution in [0.15, 0.2) is 24.4 Å². The summed E-state index contributed by atoms with van der Waals surface area (Å²) in [6.45, 7) is 0.693. The molecule has 2 N–H and O–H groups in total. The first-order valence-electron chi connectivity index (χ1n) is 8.23. The zero-order valence-electron chi connectivity index (χ0n) is 13.2. The number of amides is 1. The van der Waals surface area contributed by atoms with Crippen LogP contribution in [-0.4, -0.2) is 27.3 Å². The number of halogens is 1. The maximum atomic E-state index is 11.2. The Morgan fingerprint density at radius 3 is 2.83 bits per heavy atom. The Bertz CT molecular complexity index is 785. The molecule has 2 saturated carbocycles. The van der Waals surface area contributed by atoms with E-state index in [1.165, 1.54) is 25.7 Å². The number of pyridine rings is 1. The van der Waals surface area contributed by atoms with Gasteiger partial charge in [-0.15, -0.1) is 5.10 Å². The molecule has 2 aromatic rings. The van der Waals surface area contributed by atoms with E-state index in [2.05, 4.69) is 10.1 Å². The van der Waals surface area contributed by atoms with E-state index in [1.54, 1.807) is 29.1 Å². The van der Waals surface area contributed by atoms with Gasteiger partial charge in [0.05, 0.1) is 12.2 Å². The molecule has 4 rings (SSSR count). The molecular weight excluding hydrogens is 328 g/mol. The number of ether oxygens (including phenoxy) is 1. The van der Waals surface area contributed by atoms with E-state index in [1.807, 2.05) is 0 Å². The Balaban J connectivity index is 1.37. The number of primary amides is 1. The van der Waals surface area contributed by atoms with Gasteiger partial charge in [-0.3, -0.25) is 4.79 Å². The fourth-order valence-corrected chi connectivity index (χ4v) is 3.82. The van der Waals surface area contributed by atoms with Crippen LogP contribution in [0.5, 0.6) is 5.88 Å². The van der Waals surface area contributed by atoms with Gasteiger partial charge in [-0.1, -0.05) is 11.6 Å². The first kappa shape index (κ1) is 15.4. The summed E-state index contributed by atoms with van der Waals surface area (Å²) in [5, 5.41) is 4.41. The summed E-state index contributed by atoms with van der Waals surface area (Å²) in [5.74, 6) is 1.31. The van der Waals surface area contributed by atoms with Crippen molar-refractivity contribution in [1.82, 2.24) is 14.8 Å². The Kier molecular flexibility index (Phi) is 3.72. The number of nitrogens with two attached hydrogens (primary N) is 1. The third-order valence-corrected chi connectivity index (χ3v) is 5.65. The molecule has 0 saturated heterocycles. The Labute approximate surface area is 145 Å². The molecule has 2 aromatic heterocycles. The van der Waals surface area contributed by atoms with Crippen LogP contribution in [0.2, 0.25) is 5.15 Å². The molecule has 6 nitrogen and oxygen atoms in total. The van der Waals surface area contributed by atoms with Crippen molar-refractivity contribution in [1.29, 1.82) is 0 Å². The van der Waals surface area contributed by atoms with E-state index < -0.39 is 5.91 Å². The number of hydrogen-bond acceptors (Lipinski definition) is 4. The van der Waals surface area contributed by atoms with Crippen LogP contribution in [0.4, 0.5) is 0 Å². The number of carbonyl (C=O) groups excluding carboxylic acids is 1. The molecule has 0 bridgehead atoms. The largest absolute Gasteiger partial charge is 0.477 e. The van der Waals surface area contributed by atoms with Crippen molar-refractivity contribution in [3.63, 3.8) is 0 Å². The Morgan fingerprint density at radius 2 is 2.21 bits per heavy atom. The molecule has 126 valence electrons. The molecule has 2 heterocycles. The molecule has 1 spiro atoms. The van der Waals surface area contributed by atoms with E-state index in [0.29, 0.717) is 23.7 Å². The molecule has 2 fully saturated rings. The maximum absolute atomic E-state index is 11.2. The maximum Gasteiger partial charge on any atom is 0.251 e. The zero-order valence-corrected chi connectivity index (χ0v) is 14.0. The summed E-state index contributed by atoms with van der Waals surface area (Å²) < 4.78 is 7.33. The van der Waals surface area contributed by atoms with Gasteiger partial charge in [0.15, 0.2) is 5.82 Å². The molecule has 0 aliphatic heterocycles. The minimum Gasteiger partial charge on any atom is -0.477 e. The van der Waals surface area contributed by atoms with E-state index in [9.17, 15) is 4.79 Å². The molecule has 1 amide bonds. The molecule has 0 aromatic carbocycles. The predicted octanol–water partition coefficient (Wildman–Crippen LogP) is 2.98. The first-order valence-corrected chi connectivity index (χ1v) is 8.60. The van der Waals surface area contributed by atoms with Gasteiger partial charge in [-0.2, -0.15) is 0 Å². The van der Waals surface area contributed by atoms with Gasteiger partial charge in [0, 0.05) is 12.3 Å². The van der Waals surface area contributed by atoms with Crippen molar-refractivity contribution in [2.45, 2.75) is 32.1 Å². The predicted molar refractivity (Wildman–Crippen MR) is 89.4 cm³/mol. The molecule has 0 radical (unpaired) electrons. The topological polar surface area (TPSA) is 83.0 Å². The summed E-state index contributed by atoms with van der Waals surface area (Å²) in [6, 6.07) is 4.99. The third-order valence-electron chi connectivity index (χ3n) is 5.36. The summed E-state index contributed by atoms with van der Waals surface area (Å²) in [6.07, 6.45) is 8.40. The second-order valence-corrected chi connectivity index (χ2v) is 7.06. The molecule has 1 unspecified atom stereocenters. The third kappa shape index (κ3) is 2.75. The molecule has 2 aliphatic carbocycles. The number of hydrogen-bond donors (Lipinski definition) is 1. The Hall–Kier alpha value is -2.08. The fraction of sp³-hybridized carbons (Fsp3) is 0.471. The average Bonchev–Trinajstić information content (AvgIpc) is 3.25. The SMILES string of the molecule is NC(=O)c1ccc(-n2ccc(OCCC3CCC34CC4)n2)nc1Cl. The highest BCUT2D eigenvalue weighted by Gasteiger charge is 2.54. The second kappa shape index (κ2) is 5.77. The lowest BCUT2D eigenvalue weighted by molar-refractivity contribution is 0.1000. The van der Waals surface area contributed by atoms with E-state index in [4.69, 9.17) is 22.1 Å². The minimum absolute atomic E-state index is 0.0673. The van der Waals surface area contributed by atoms with Crippen molar-refractivity contribution in [2.24, 2.45) is 17.1 Å². The molecule has 7 heteroatoms. The minimum atomic E-state index is -0.604. The van der Waals surface area contributed by atoms with E-state index >= 15 is 0 Å². The first-order chi connectivity index (χ1) is 11.6. The molecule has 2 aliphatic rings. The summed E-state index contributed by atoms with van der Waals surface area (Å²) in [5.41, 5.74) is 6.10. The zero-order chi connectivity index (χ0) is 16.7. The molecule has 24 heavy (non-hydrogen) atoms. The highest BCUT2D eigenvalue weighted by Crippen LogP contribution is 2.65. The summed E-state index contributed by atoms with van der Waals surface area (Å²) in [7, 11) is 0. The highest BCUT2D eigenvalue weighted by molar-refractivity contribution is 6.32. The number of nitrogens with zero attached hydrogens (tertiary/aromatic N) is 3. The van der Waals surface area contributed by atoms with E-state index in [0.717, 1.165) is 12.3 Å². The van der Waals surface area contributed by atoms with Gasteiger partial charge >= 0.3 is 0 Å². The lowest BCUT2D eigenvalue weighted by atomic mass is 9.69. The smallest absolute Gasteiger partial charge is 0.251 e. The monoisotopic (exact) mass is 346 g/mol. The Morgan fingerprint density at radius 1 is 1.38 bits per heavy atom. The van der Waals surface area contributed by atoms with Gasteiger partial charge in [0.2, 0.25) is 5.88 Å². The van der Waals surface area contributed by atoms with Crippen molar-refractivity contribution in [3.05, 3.63) is 35.1 Å². The van der Waals surface area contributed by atoms with Crippen LogP contribution in [0.1, 0.15) is 42.5 Å². The van der Waals surface area contributed by atoms with Gasteiger partial charge < -0.3 is 10.5 Å².